The van der Waals surface area contributed by atoms with Gasteiger partial charge in [-0.1, -0.05) is 72.8 Å². The molecule has 0 fully saturated rings. The van der Waals surface area contributed by atoms with E-state index in [4.69, 9.17) is 9.15 Å². The summed E-state index contributed by atoms with van der Waals surface area (Å²) in [6.07, 6.45) is 0.0806. The van der Waals surface area contributed by atoms with Gasteiger partial charge in [0, 0.05) is 22.6 Å². The van der Waals surface area contributed by atoms with Crippen LogP contribution in [0.3, 0.4) is 0 Å². The maximum Gasteiger partial charge on any atom is 0.344 e. The van der Waals surface area contributed by atoms with Crippen molar-refractivity contribution >= 4 is 50.3 Å². The zero-order valence-corrected chi connectivity index (χ0v) is 21.6. The van der Waals surface area contributed by atoms with Gasteiger partial charge in [-0.2, -0.15) is 0 Å². The summed E-state index contributed by atoms with van der Waals surface area (Å²) in [7, 11) is 0. The topological polar surface area (TPSA) is 93.9 Å². The lowest BCUT2D eigenvalue weighted by Gasteiger charge is -2.24. The van der Waals surface area contributed by atoms with Crippen molar-refractivity contribution in [1.29, 1.82) is 0 Å². The summed E-state index contributed by atoms with van der Waals surface area (Å²) >= 11 is 0. The highest BCUT2D eigenvalue weighted by molar-refractivity contribution is 6.22. The lowest BCUT2D eigenvalue weighted by atomic mass is 10.0. The Morgan fingerprint density at radius 2 is 1.34 bits per heavy atom. The number of imide groups is 1. The van der Waals surface area contributed by atoms with Gasteiger partial charge in [0.2, 0.25) is 0 Å². The van der Waals surface area contributed by atoms with Crippen molar-refractivity contribution in [3.05, 3.63) is 136 Å². The zero-order valence-electron chi connectivity index (χ0n) is 21.6. The fraction of sp³-hybridized carbons (Fsp3) is 0.0588. The molecule has 1 aliphatic rings. The molecule has 0 saturated heterocycles. The first-order chi connectivity index (χ1) is 20.0. The van der Waals surface area contributed by atoms with Crippen molar-refractivity contribution in [2.75, 3.05) is 0 Å². The largest absolute Gasteiger partial charge is 0.425 e. The summed E-state index contributed by atoms with van der Waals surface area (Å²) in [6.45, 7) is 0. The quantitative estimate of drug-likeness (QED) is 0.0889. The van der Waals surface area contributed by atoms with Crippen LogP contribution in [0.5, 0.6) is 5.75 Å². The van der Waals surface area contributed by atoms with Gasteiger partial charge in [-0.15, -0.1) is 0 Å². The third kappa shape index (κ3) is 4.06. The standard InChI is InChI=1S/C34H21NO6/c36-31-25-12-6-7-13-26(25)32(37)35(31)29(18-20-8-2-1-3-9-20)34(39)40-22-15-17-27-28(19-22)24-16-14-21-10-4-5-11-23(21)30(24)41-33(27)38/h1-17,19,29H,18H2/t29-/m0/s1. The molecule has 0 radical (unpaired) electrons. The predicted octanol–water partition coefficient (Wildman–Crippen LogP) is 5.91. The maximum atomic E-state index is 13.7. The van der Waals surface area contributed by atoms with Gasteiger partial charge in [-0.25, -0.2) is 9.59 Å². The minimum absolute atomic E-state index is 0.0806. The van der Waals surface area contributed by atoms with E-state index < -0.39 is 29.5 Å². The normalized spacial score (nSPS) is 13.6. The fourth-order valence-corrected chi connectivity index (χ4v) is 5.49. The number of fused-ring (bicyclic) bond motifs is 6. The van der Waals surface area contributed by atoms with Gasteiger partial charge in [-0.3, -0.25) is 14.5 Å². The molecule has 1 aromatic heterocycles. The van der Waals surface area contributed by atoms with Gasteiger partial charge in [-0.05, 0) is 47.3 Å². The van der Waals surface area contributed by atoms with Crippen molar-refractivity contribution in [1.82, 2.24) is 4.90 Å². The van der Waals surface area contributed by atoms with Crippen LogP contribution in [0.2, 0.25) is 0 Å². The van der Waals surface area contributed by atoms with Crippen molar-refractivity contribution in [2.24, 2.45) is 0 Å². The van der Waals surface area contributed by atoms with Crippen LogP contribution in [0.25, 0.3) is 32.5 Å². The fourth-order valence-electron chi connectivity index (χ4n) is 5.49. The molecule has 7 heteroatoms. The van der Waals surface area contributed by atoms with Crippen molar-refractivity contribution in [3.8, 4) is 5.75 Å². The van der Waals surface area contributed by atoms with Gasteiger partial charge >= 0.3 is 11.6 Å². The smallest absolute Gasteiger partial charge is 0.344 e. The van der Waals surface area contributed by atoms with Crippen LogP contribution in [0.4, 0.5) is 0 Å². The van der Waals surface area contributed by atoms with E-state index in [1.165, 1.54) is 6.07 Å². The highest BCUT2D eigenvalue weighted by atomic mass is 16.5. The third-order valence-electron chi connectivity index (χ3n) is 7.48. The molecule has 0 N–H and O–H groups in total. The van der Waals surface area contributed by atoms with Gasteiger partial charge in [0.05, 0.1) is 16.5 Å². The molecule has 1 aliphatic heterocycles. The van der Waals surface area contributed by atoms with E-state index in [1.807, 2.05) is 66.7 Å². The Hall–Kier alpha value is -5.56. The number of esters is 1. The number of benzene rings is 5. The van der Waals surface area contributed by atoms with Crippen LogP contribution in [0, 0.1) is 0 Å². The van der Waals surface area contributed by atoms with E-state index in [-0.39, 0.29) is 23.3 Å². The molecular weight excluding hydrogens is 518 g/mol. The number of carbonyl (C=O) groups is 3. The predicted molar refractivity (Wildman–Crippen MR) is 154 cm³/mol. The van der Waals surface area contributed by atoms with E-state index in [0.29, 0.717) is 21.7 Å². The number of carbonyl (C=O) groups excluding carboxylic acids is 3. The molecule has 2 amide bonds. The van der Waals surface area contributed by atoms with Gasteiger partial charge in [0.25, 0.3) is 11.8 Å². The maximum absolute atomic E-state index is 13.7. The van der Waals surface area contributed by atoms with E-state index >= 15 is 0 Å². The number of hydrogen-bond donors (Lipinski definition) is 0. The highest BCUT2D eigenvalue weighted by Gasteiger charge is 2.43. The van der Waals surface area contributed by atoms with Crippen LogP contribution < -0.4 is 10.4 Å². The third-order valence-corrected chi connectivity index (χ3v) is 7.48. The molecule has 5 aromatic carbocycles. The first kappa shape index (κ1) is 24.5. The number of nitrogens with zero attached hydrogens (tertiary/aromatic N) is 1. The highest BCUT2D eigenvalue weighted by Crippen LogP contribution is 2.32. The number of rotatable bonds is 5. The Bertz CT molecular complexity index is 2060. The molecule has 2 heterocycles. The van der Waals surface area contributed by atoms with E-state index in [1.54, 1.807) is 36.4 Å². The lowest BCUT2D eigenvalue weighted by molar-refractivity contribution is -0.138. The summed E-state index contributed by atoms with van der Waals surface area (Å²) in [4.78, 5) is 54.2. The Morgan fingerprint density at radius 1 is 0.683 bits per heavy atom. The average molecular weight is 540 g/mol. The SMILES string of the molecule is O=C(Oc1ccc2c(=O)oc3c4ccccc4ccc3c2c1)[C@H](Cc1ccccc1)N1C(=O)c2ccccc2C1=O. The Kier molecular flexibility index (Phi) is 5.71. The van der Waals surface area contributed by atoms with Crippen LogP contribution in [-0.2, 0) is 11.2 Å². The molecule has 6 aromatic rings. The van der Waals surface area contributed by atoms with Crippen molar-refractivity contribution in [3.63, 3.8) is 0 Å². The minimum atomic E-state index is -1.21. The molecule has 0 unspecified atom stereocenters. The molecule has 7 nitrogen and oxygen atoms in total. The summed E-state index contributed by atoms with van der Waals surface area (Å²) < 4.78 is 11.5. The average Bonchev–Trinajstić information content (AvgIpc) is 3.25. The molecule has 0 bridgehead atoms. The van der Waals surface area contributed by atoms with Gasteiger partial charge in [0.1, 0.15) is 17.4 Å². The first-order valence-electron chi connectivity index (χ1n) is 13.1. The Balaban J connectivity index is 1.29. The Labute approximate surface area is 233 Å². The van der Waals surface area contributed by atoms with Crippen molar-refractivity contribution < 1.29 is 23.5 Å². The zero-order chi connectivity index (χ0) is 28.1. The molecule has 0 aliphatic carbocycles. The van der Waals surface area contributed by atoms with Crippen LogP contribution in [-0.4, -0.2) is 28.7 Å². The second-order valence-electron chi connectivity index (χ2n) is 9.91. The molecule has 198 valence electrons. The van der Waals surface area contributed by atoms with Crippen LogP contribution >= 0.6 is 0 Å². The molecular formula is C34H21NO6. The monoisotopic (exact) mass is 539 g/mol. The lowest BCUT2D eigenvalue weighted by Crippen LogP contribution is -2.48. The molecule has 0 spiro atoms. The summed E-state index contributed by atoms with van der Waals surface area (Å²) in [6, 6.07) is 30.5. The summed E-state index contributed by atoms with van der Waals surface area (Å²) in [5, 5.41) is 3.31. The summed E-state index contributed by atoms with van der Waals surface area (Å²) in [5.74, 6) is -1.67. The van der Waals surface area contributed by atoms with Crippen LogP contribution in [0.15, 0.2) is 118 Å². The second-order valence-corrected chi connectivity index (χ2v) is 9.91. The molecule has 41 heavy (non-hydrogen) atoms. The molecule has 1 atom stereocenters. The summed E-state index contributed by atoms with van der Waals surface area (Å²) in [5.41, 5.74) is 1.20. The van der Waals surface area contributed by atoms with E-state index in [0.717, 1.165) is 21.2 Å². The van der Waals surface area contributed by atoms with Gasteiger partial charge in [0.15, 0.2) is 0 Å². The Morgan fingerprint density at radius 3 is 2.10 bits per heavy atom. The molecule has 0 saturated carbocycles. The molecule has 7 rings (SSSR count). The van der Waals surface area contributed by atoms with Crippen molar-refractivity contribution in [2.45, 2.75) is 12.5 Å². The van der Waals surface area contributed by atoms with E-state index in [2.05, 4.69) is 0 Å². The van der Waals surface area contributed by atoms with Gasteiger partial charge < -0.3 is 9.15 Å². The number of ether oxygens (including phenoxy) is 1. The van der Waals surface area contributed by atoms with Crippen LogP contribution in [0.1, 0.15) is 26.3 Å². The number of amides is 2. The second kappa shape index (κ2) is 9.57. The first-order valence-corrected chi connectivity index (χ1v) is 13.1. The number of hydrogen-bond acceptors (Lipinski definition) is 6. The minimum Gasteiger partial charge on any atom is -0.425 e. The van der Waals surface area contributed by atoms with E-state index in [9.17, 15) is 19.2 Å².